The van der Waals surface area contributed by atoms with E-state index in [-0.39, 0.29) is 11.9 Å². The fourth-order valence-electron chi connectivity index (χ4n) is 2.42. The van der Waals surface area contributed by atoms with Crippen LogP contribution in [0.3, 0.4) is 0 Å². The Labute approximate surface area is 131 Å². The summed E-state index contributed by atoms with van der Waals surface area (Å²) in [5, 5.41) is 7.31. The molecule has 2 aromatic rings. The van der Waals surface area contributed by atoms with E-state index in [0.717, 1.165) is 17.1 Å². The number of nitrogens with one attached hydrogen (secondary N) is 1. The second kappa shape index (κ2) is 6.64. The van der Waals surface area contributed by atoms with E-state index in [9.17, 15) is 4.79 Å². The lowest BCUT2D eigenvalue weighted by molar-refractivity contribution is -0.116. The Hall–Kier alpha value is -2.30. The summed E-state index contributed by atoms with van der Waals surface area (Å²) in [5.41, 5.74) is 4.07. The van der Waals surface area contributed by atoms with Gasteiger partial charge in [-0.3, -0.25) is 9.48 Å². The van der Waals surface area contributed by atoms with E-state index >= 15 is 0 Å². The average Bonchev–Trinajstić information content (AvgIpc) is 2.87. The molecule has 5 nitrogen and oxygen atoms in total. The maximum Gasteiger partial charge on any atom is 0.226 e. The number of aromatic nitrogens is 2. The molecule has 1 aromatic carbocycles. The van der Waals surface area contributed by atoms with Crippen LogP contribution in [-0.4, -0.2) is 29.8 Å². The summed E-state index contributed by atoms with van der Waals surface area (Å²) in [6, 6.07) is 7.93. The topological polar surface area (TPSA) is 50.2 Å². The van der Waals surface area contributed by atoms with Gasteiger partial charge >= 0.3 is 0 Å². The zero-order chi connectivity index (χ0) is 16.3. The molecule has 1 heterocycles. The molecule has 2 rings (SSSR count). The molecule has 0 aliphatic carbocycles. The highest BCUT2D eigenvalue weighted by molar-refractivity contribution is 5.91. The highest BCUT2D eigenvalue weighted by atomic mass is 16.1. The summed E-state index contributed by atoms with van der Waals surface area (Å²) in [6.07, 6.45) is 2.30. The fraction of sp³-hybridized carbons (Fsp3) is 0.412. The molecule has 0 aliphatic rings. The second-order valence-corrected chi connectivity index (χ2v) is 5.93. The first kappa shape index (κ1) is 16.1. The number of carbonyl (C=O) groups excluding carboxylic acids is 1. The number of nitrogens with zero attached hydrogens (tertiary/aromatic N) is 3. The van der Waals surface area contributed by atoms with Crippen LogP contribution in [0.5, 0.6) is 0 Å². The van der Waals surface area contributed by atoms with Gasteiger partial charge in [-0.05, 0) is 44.5 Å². The molecule has 0 saturated carbocycles. The smallest absolute Gasteiger partial charge is 0.226 e. The highest BCUT2D eigenvalue weighted by Gasteiger charge is 2.12. The number of hydrogen-bond acceptors (Lipinski definition) is 3. The Balaban J connectivity index is 2.01. The SMILES string of the molecule is Cc1ccn(C(C)CC(=O)Nc2ccc(C)c(N(C)C)c2)n1. The zero-order valence-electron chi connectivity index (χ0n) is 13.9. The number of rotatable bonds is 5. The monoisotopic (exact) mass is 300 g/mol. The lowest BCUT2D eigenvalue weighted by Crippen LogP contribution is -2.18. The first-order valence-corrected chi connectivity index (χ1v) is 7.46. The first-order valence-electron chi connectivity index (χ1n) is 7.46. The van der Waals surface area contributed by atoms with Crippen LogP contribution in [-0.2, 0) is 4.79 Å². The summed E-state index contributed by atoms with van der Waals surface area (Å²) in [5.74, 6) is -0.00536. The largest absolute Gasteiger partial charge is 0.377 e. The summed E-state index contributed by atoms with van der Waals surface area (Å²) >= 11 is 0. The number of amides is 1. The molecule has 1 unspecified atom stereocenters. The summed E-state index contributed by atoms with van der Waals surface area (Å²) in [7, 11) is 3.99. The molecule has 22 heavy (non-hydrogen) atoms. The maximum absolute atomic E-state index is 12.2. The van der Waals surface area contributed by atoms with E-state index in [1.165, 1.54) is 5.56 Å². The molecule has 0 fully saturated rings. The molecule has 1 aromatic heterocycles. The molecule has 5 heteroatoms. The van der Waals surface area contributed by atoms with Crippen LogP contribution in [0.15, 0.2) is 30.5 Å². The molecule has 1 N–H and O–H groups in total. The molecule has 1 amide bonds. The second-order valence-electron chi connectivity index (χ2n) is 5.93. The lowest BCUT2D eigenvalue weighted by atomic mass is 10.1. The minimum Gasteiger partial charge on any atom is -0.377 e. The van der Waals surface area contributed by atoms with Gasteiger partial charge in [0.1, 0.15) is 0 Å². The van der Waals surface area contributed by atoms with Crippen LogP contribution in [0.2, 0.25) is 0 Å². The molecule has 1 atom stereocenters. The van der Waals surface area contributed by atoms with Crippen molar-refractivity contribution in [3.63, 3.8) is 0 Å². The Bertz CT molecular complexity index is 660. The number of aryl methyl sites for hydroxylation is 2. The summed E-state index contributed by atoms with van der Waals surface area (Å²) in [4.78, 5) is 14.2. The van der Waals surface area contributed by atoms with Crippen molar-refractivity contribution < 1.29 is 4.79 Å². The van der Waals surface area contributed by atoms with Crippen molar-refractivity contribution in [3.05, 3.63) is 41.7 Å². The molecule has 118 valence electrons. The van der Waals surface area contributed by atoms with Crippen LogP contribution in [0, 0.1) is 13.8 Å². The zero-order valence-corrected chi connectivity index (χ0v) is 13.9. The third kappa shape index (κ3) is 3.87. The fourth-order valence-corrected chi connectivity index (χ4v) is 2.42. The number of carbonyl (C=O) groups is 1. The van der Waals surface area contributed by atoms with Crippen molar-refractivity contribution in [1.29, 1.82) is 0 Å². The van der Waals surface area contributed by atoms with Crippen molar-refractivity contribution in [2.24, 2.45) is 0 Å². The number of anilines is 2. The predicted molar refractivity (Wildman–Crippen MR) is 90.4 cm³/mol. The minimum atomic E-state index is -0.00536. The molecule has 0 bridgehead atoms. The van der Waals surface area contributed by atoms with Crippen LogP contribution >= 0.6 is 0 Å². The normalized spacial score (nSPS) is 12.0. The Kier molecular flexibility index (Phi) is 4.85. The van der Waals surface area contributed by atoms with Gasteiger partial charge in [-0.15, -0.1) is 0 Å². The van der Waals surface area contributed by atoms with Crippen molar-refractivity contribution >= 4 is 17.3 Å². The van der Waals surface area contributed by atoms with Crippen LogP contribution in [0.25, 0.3) is 0 Å². The number of benzene rings is 1. The van der Waals surface area contributed by atoms with E-state index < -0.39 is 0 Å². The van der Waals surface area contributed by atoms with Gasteiger partial charge in [0.25, 0.3) is 0 Å². The van der Waals surface area contributed by atoms with Crippen molar-refractivity contribution in [1.82, 2.24) is 9.78 Å². The van der Waals surface area contributed by atoms with Crippen LogP contribution in [0.1, 0.15) is 30.6 Å². The highest BCUT2D eigenvalue weighted by Crippen LogP contribution is 2.23. The third-order valence-corrected chi connectivity index (χ3v) is 3.65. The Morgan fingerprint density at radius 2 is 2.05 bits per heavy atom. The Morgan fingerprint density at radius 1 is 1.32 bits per heavy atom. The summed E-state index contributed by atoms with van der Waals surface area (Å²) in [6.45, 7) is 5.99. The maximum atomic E-state index is 12.2. The number of hydrogen-bond donors (Lipinski definition) is 1. The van der Waals surface area contributed by atoms with Gasteiger partial charge in [0.2, 0.25) is 5.91 Å². The van der Waals surface area contributed by atoms with E-state index in [0.29, 0.717) is 6.42 Å². The third-order valence-electron chi connectivity index (χ3n) is 3.65. The van der Waals surface area contributed by atoms with E-state index in [4.69, 9.17) is 0 Å². The van der Waals surface area contributed by atoms with E-state index in [1.54, 1.807) is 0 Å². The summed E-state index contributed by atoms with van der Waals surface area (Å²) < 4.78 is 1.83. The predicted octanol–water partition coefficient (Wildman–Crippen LogP) is 3.16. The van der Waals surface area contributed by atoms with E-state index in [1.807, 2.05) is 68.0 Å². The van der Waals surface area contributed by atoms with Gasteiger partial charge in [0.15, 0.2) is 0 Å². The van der Waals surface area contributed by atoms with Crippen molar-refractivity contribution in [3.8, 4) is 0 Å². The first-order chi connectivity index (χ1) is 10.4. The molecule has 0 spiro atoms. The molecule has 0 radical (unpaired) electrons. The van der Waals surface area contributed by atoms with Gasteiger partial charge in [-0.1, -0.05) is 6.07 Å². The van der Waals surface area contributed by atoms with Crippen LogP contribution < -0.4 is 10.2 Å². The van der Waals surface area contributed by atoms with Gasteiger partial charge in [0, 0.05) is 38.1 Å². The van der Waals surface area contributed by atoms with Gasteiger partial charge < -0.3 is 10.2 Å². The molecular weight excluding hydrogens is 276 g/mol. The van der Waals surface area contributed by atoms with Gasteiger partial charge in [-0.25, -0.2) is 0 Å². The quantitative estimate of drug-likeness (QED) is 0.923. The average molecular weight is 300 g/mol. The van der Waals surface area contributed by atoms with Crippen LogP contribution in [0.4, 0.5) is 11.4 Å². The standard InChI is InChI=1S/C17H24N4O/c1-12-6-7-15(11-16(12)20(4)5)18-17(22)10-14(3)21-9-8-13(2)19-21/h6-9,11,14H,10H2,1-5H3,(H,18,22). The molecule has 0 aliphatic heterocycles. The van der Waals surface area contributed by atoms with Gasteiger partial charge in [-0.2, -0.15) is 5.10 Å². The lowest BCUT2D eigenvalue weighted by Gasteiger charge is -2.18. The van der Waals surface area contributed by atoms with Crippen molar-refractivity contribution in [2.45, 2.75) is 33.2 Å². The van der Waals surface area contributed by atoms with Crippen molar-refractivity contribution in [2.75, 3.05) is 24.3 Å². The molecular formula is C17H24N4O. The molecule has 0 saturated heterocycles. The minimum absolute atomic E-state index is 0.00536. The van der Waals surface area contributed by atoms with E-state index in [2.05, 4.69) is 17.3 Å². The van der Waals surface area contributed by atoms with Gasteiger partial charge in [0.05, 0.1) is 11.7 Å². The Morgan fingerprint density at radius 3 is 2.64 bits per heavy atom.